The Morgan fingerprint density at radius 3 is 2.37 bits per heavy atom. The molecule has 0 spiro atoms. The van der Waals surface area contributed by atoms with Crippen molar-refractivity contribution in [3.8, 4) is 11.1 Å². The van der Waals surface area contributed by atoms with Gasteiger partial charge in [0.15, 0.2) is 5.67 Å². The van der Waals surface area contributed by atoms with Gasteiger partial charge in [-0.2, -0.15) is 13.2 Å². The molecule has 1 atom stereocenters. The SMILES string of the molecule is C=CCC1(F)CCc2cc(-c3ccc(NC(=O)Nc4ccccc4C(F)(F)F)cc3)ccc2C1=O. The number of carbonyl (C=O) groups is 2. The average molecular weight is 482 g/mol. The fraction of sp³-hybridized carbons (Fsp3) is 0.185. The summed E-state index contributed by atoms with van der Waals surface area (Å²) in [5, 5.41) is 4.74. The number of para-hydroxylation sites is 1. The molecule has 1 aliphatic carbocycles. The summed E-state index contributed by atoms with van der Waals surface area (Å²) in [4.78, 5) is 24.8. The Morgan fingerprint density at radius 2 is 1.69 bits per heavy atom. The second-order valence-electron chi connectivity index (χ2n) is 8.36. The quantitative estimate of drug-likeness (QED) is 0.294. The van der Waals surface area contributed by atoms with E-state index in [1.165, 1.54) is 24.3 Å². The van der Waals surface area contributed by atoms with Crippen LogP contribution in [0.5, 0.6) is 0 Å². The Labute approximate surface area is 199 Å². The number of anilines is 2. The van der Waals surface area contributed by atoms with Crippen molar-refractivity contribution in [2.24, 2.45) is 0 Å². The van der Waals surface area contributed by atoms with Gasteiger partial charge in [0.05, 0.1) is 11.3 Å². The van der Waals surface area contributed by atoms with E-state index in [9.17, 15) is 27.2 Å². The standard InChI is InChI=1S/C27H22F4N2O2/c1-2-14-26(28)15-13-19-16-18(9-12-21(19)24(26)34)17-7-10-20(11-8-17)32-25(35)33-23-6-4-3-5-22(23)27(29,30)31/h2-12,16H,1,13-15H2,(H2,32,33,35). The van der Waals surface area contributed by atoms with Crippen LogP contribution in [0.25, 0.3) is 11.1 Å². The fourth-order valence-corrected chi connectivity index (χ4v) is 4.18. The van der Waals surface area contributed by atoms with Crippen LogP contribution in [0.2, 0.25) is 0 Å². The van der Waals surface area contributed by atoms with E-state index >= 15 is 0 Å². The predicted octanol–water partition coefficient (Wildman–Crippen LogP) is 7.43. The van der Waals surface area contributed by atoms with E-state index in [1.54, 1.807) is 36.4 Å². The van der Waals surface area contributed by atoms with E-state index in [1.807, 2.05) is 6.07 Å². The Kier molecular flexibility index (Phi) is 6.47. The molecule has 2 amide bonds. The molecular weight excluding hydrogens is 460 g/mol. The molecule has 0 fully saturated rings. The van der Waals surface area contributed by atoms with Gasteiger partial charge < -0.3 is 10.6 Å². The van der Waals surface area contributed by atoms with E-state index in [0.717, 1.165) is 22.8 Å². The van der Waals surface area contributed by atoms with Crippen LogP contribution in [0.15, 0.2) is 79.4 Å². The van der Waals surface area contributed by atoms with Gasteiger partial charge in [-0.05, 0) is 53.8 Å². The number of allylic oxidation sites excluding steroid dienone is 1. The van der Waals surface area contributed by atoms with E-state index in [4.69, 9.17) is 0 Å². The number of rotatable bonds is 5. The van der Waals surface area contributed by atoms with Gasteiger partial charge in [0.1, 0.15) is 0 Å². The third kappa shape index (κ3) is 5.11. The molecule has 4 nitrogen and oxygen atoms in total. The Balaban J connectivity index is 1.46. The second kappa shape index (κ2) is 9.37. The largest absolute Gasteiger partial charge is 0.418 e. The van der Waals surface area contributed by atoms with Gasteiger partial charge in [0.2, 0.25) is 5.78 Å². The van der Waals surface area contributed by atoms with Crippen molar-refractivity contribution >= 4 is 23.2 Å². The van der Waals surface area contributed by atoms with Crippen LogP contribution in [0.4, 0.5) is 33.7 Å². The normalized spacial score (nSPS) is 17.4. The molecule has 1 aliphatic rings. The highest BCUT2D eigenvalue weighted by molar-refractivity contribution is 6.05. The molecule has 4 rings (SSSR count). The summed E-state index contributed by atoms with van der Waals surface area (Å²) in [5.41, 5.74) is -0.0404. The number of aryl methyl sites for hydroxylation is 1. The molecule has 1 unspecified atom stereocenters. The lowest BCUT2D eigenvalue weighted by molar-refractivity contribution is -0.136. The van der Waals surface area contributed by atoms with Crippen molar-refractivity contribution in [2.75, 3.05) is 10.6 Å². The molecule has 2 N–H and O–H groups in total. The number of hydrogen-bond donors (Lipinski definition) is 2. The molecule has 35 heavy (non-hydrogen) atoms. The predicted molar refractivity (Wildman–Crippen MR) is 127 cm³/mol. The summed E-state index contributed by atoms with van der Waals surface area (Å²) in [5.74, 6) is -0.525. The topological polar surface area (TPSA) is 58.2 Å². The molecule has 0 bridgehead atoms. The summed E-state index contributed by atoms with van der Waals surface area (Å²) in [7, 11) is 0. The maximum atomic E-state index is 14.9. The number of amides is 2. The average Bonchev–Trinajstić information content (AvgIpc) is 2.82. The zero-order valence-electron chi connectivity index (χ0n) is 18.6. The molecule has 0 saturated carbocycles. The summed E-state index contributed by atoms with van der Waals surface area (Å²) in [6.07, 6.45) is -2.66. The van der Waals surface area contributed by atoms with Crippen molar-refractivity contribution in [3.05, 3.63) is 96.1 Å². The Bertz CT molecular complexity index is 1290. The molecule has 8 heteroatoms. The highest BCUT2D eigenvalue weighted by Gasteiger charge is 2.41. The number of Topliss-reactive ketones (excluding diaryl/α,β-unsaturated/α-hetero) is 1. The molecular formula is C27H22F4N2O2. The van der Waals surface area contributed by atoms with Gasteiger partial charge in [-0.1, -0.05) is 48.5 Å². The number of benzene rings is 3. The molecule has 180 valence electrons. The first kappa shape index (κ1) is 24.2. The lowest BCUT2D eigenvalue weighted by Gasteiger charge is -2.29. The Morgan fingerprint density at radius 1 is 1.00 bits per heavy atom. The summed E-state index contributed by atoms with van der Waals surface area (Å²) in [6.45, 7) is 3.54. The second-order valence-corrected chi connectivity index (χ2v) is 8.36. The summed E-state index contributed by atoms with van der Waals surface area (Å²) in [6, 6.07) is 15.8. The van der Waals surface area contributed by atoms with E-state index in [0.29, 0.717) is 17.7 Å². The molecule has 0 radical (unpaired) electrons. The number of carbonyl (C=O) groups excluding carboxylic acids is 2. The van der Waals surface area contributed by atoms with E-state index in [-0.39, 0.29) is 18.5 Å². The van der Waals surface area contributed by atoms with E-state index in [2.05, 4.69) is 17.2 Å². The third-order valence-electron chi connectivity index (χ3n) is 5.97. The maximum absolute atomic E-state index is 14.9. The zero-order chi connectivity index (χ0) is 25.2. The monoisotopic (exact) mass is 482 g/mol. The minimum absolute atomic E-state index is 0.0170. The van der Waals surface area contributed by atoms with Gasteiger partial charge in [-0.15, -0.1) is 6.58 Å². The minimum Gasteiger partial charge on any atom is -0.308 e. The zero-order valence-corrected chi connectivity index (χ0v) is 18.6. The van der Waals surface area contributed by atoms with Crippen LogP contribution < -0.4 is 10.6 Å². The van der Waals surface area contributed by atoms with Crippen LogP contribution in [-0.2, 0) is 12.6 Å². The number of nitrogens with one attached hydrogen (secondary N) is 2. The molecule has 0 aromatic heterocycles. The molecule has 3 aromatic carbocycles. The lowest BCUT2D eigenvalue weighted by Crippen LogP contribution is -2.38. The number of halogens is 4. The first-order chi connectivity index (χ1) is 16.6. The molecule has 0 aliphatic heterocycles. The van der Waals surface area contributed by atoms with Crippen molar-refractivity contribution in [2.45, 2.75) is 31.1 Å². The van der Waals surface area contributed by atoms with Crippen molar-refractivity contribution < 1.29 is 27.2 Å². The van der Waals surface area contributed by atoms with Crippen LogP contribution in [-0.4, -0.2) is 17.5 Å². The van der Waals surface area contributed by atoms with Crippen molar-refractivity contribution in [1.82, 2.24) is 0 Å². The van der Waals surface area contributed by atoms with Gasteiger partial charge in [0.25, 0.3) is 0 Å². The van der Waals surface area contributed by atoms with Crippen molar-refractivity contribution in [3.63, 3.8) is 0 Å². The van der Waals surface area contributed by atoms with Crippen LogP contribution in [0.1, 0.15) is 34.3 Å². The highest BCUT2D eigenvalue weighted by atomic mass is 19.4. The summed E-state index contributed by atoms with van der Waals surface area (Å²) >= 11 is 0. The first-order valence-corrected chi connectivity index (χ1v) is 10.9. The number of alkyl halides is 4. The number of fused-ring (bicyclic) bond motifs is 1. The minimum atomic E-state index is -4.59. The number of urea groups is 1. The molecule has 0 heterocycles. The lowest BCUT2D eigenvalue weighted by atomic mass is 9.78. The van der Waals surface area contributed by atoms with Gasteiger partial charge in [-0.3, -0.25) is 4.79 Å². The van der Waals surface area contributed by atoms with E-state index < -0.39 is 29.2 Å². The van der Waals surface area contributed by atoms with Gasteiger partial charge in [-0.25, -0.2) is 9.18 Å². The summed E-state index contributed by atoms with van der Waals surface area (Å²) < 4.78 is 54.3. The molecule has 3 aromatic rings. The number of hydrogen-bond acceptors (Lipinski definition) is 2. The van der Waals surface area contributed by atoms with Crippen LogP contribution in [0, 0.1) is 0 Å². The van der Waals surface area contributed by atoms with Crippen LogP contribution in [0.3, 0.4) is 0 Å². The smallest absolute Gasteiger partial charge is 0.308 e. The third-order valence-corrected chi connectivity index (χ3v) is 5.97. The number of ketones is 1. The van der Waals surface area contributed by atoms with Gasteiger partial charge in [0, 0.05) is 17.7 Å². The maximum Gasteiger partial charge on any atom is 0.418 e. The Hall–Kier alpha value is -3.94. The molecule has 0 saturated heterocycles. The van der Waals surface area contributed by atoms with Gasteiger partial charge >= 0.3 is 12.2 Å². The first-order valence-electron chi connectivity index (χ1n) is 10.9. The fourth-order valence-electron chi connectivity index (χ4n) is 4.18. The highest BCUT2D eigenvalue weighted by Crippen LogP contribution is 2.37. The van der Waals surface area contributed by atoms with Crippen molar-refractivity contribution in [1.29, 1.82) is 0 Å². The van der Waals surface area contributed by atoms with Crippen LogP contribution >= 0.6 is 0 Å².